The molecular weight excluding hydrogens is 404 g/mol. The first kappa shape index (κ1) is 21.6. The molecule has 4 aromatic rings. The van der Waals surface area contributed by atoms with E-state index in [2.05, 4.69) is 55.5 Å². The number of aromatic nitrogens is 3. The van der Waals surface area contributed by atoms with E-state index >= 15 is 0 Å². The van der Waals surface area contributed by atoms with Crippen LogP contribution in [0.1, 0.15) is 44.7 Å². The van der Waals surface area contributed by atoms with E-state index in [1.165, 1.54) is 5.56 Å². The van der Waals surface area contributed by atoms with Crippen LogP contribution in [0.3, 0.4) is 0 Å². The van der Waals surface area contributed by atoms with Crippen LogP contribution in [0.5, 0.6) is 0 Å². The standard InChI is InChI=1S/C25H28N4O3/c1-25(2,3)19-12-10-18(11-13-19)17-29-22(14-15-26-29)27-23(30)9-6-16-28-20-7-4-5-8-21(20)32-24(28)31/h4-5,7-8,10-15H,6,9,16-17H2,1-3H3,(H,27,30). The fraction of sp³-hybridized carbons (Fsp3) is 0.320. The van der Waals surface area contributed by atoms with E-state index in [4.69, 9.17) is 4.42 Å². The van der Waals surface area contributed by atoms with E-state index in [0.717, 1.165) is 11.1 Å². The molecule has 4 rings (SSSR count). The summed E-state index contributed by atoms with van der Waals surface area (Å²) in [5.41, 5.74) is 3.80. The quantitative estimate of drug-likeness (QED) is 0.464. The van der Waals surface area contributed by atoms with Gasteiger partial charge in [-0.2, -0.15) is 5.10 Å². The summed E-state index contributed by atoms with van der Waals surface area (Å²) in [6.45, 7) is 7.56. The van der Waals surface area contributed by atoms with Gasteiger partial charge in [-0.15, -0.1) is 0 Å². The van der Waals surface area contributed by atoms with Gasteiger partial charge in [-0.25, -0.2) is 9.48 Å². The minimum Gasteiger partial charge on any atom is -0.408 e. The summed E-state index contributed by atoms with van der Waals surface area (Å²) in [6, 6.07) is 17.5. The summed E-state index contributed by atoms with van der Waals surface area (Å²) >= 11 is 0. The number of anilines is 1. The Morgan fingerprint density at radius 2 is 1.81 bits per heavy atom. The average molecular weight is 433 g/mol. The third-order valence-corrected chi connectivity index (χ3v) is 5.50. The van der Waals surface area contributed by atoms with Crippen molar-refractivity contribution in [3.05, 3.63) is 82.5 Å². The lowest BCUT2D eigenvalue weighted by molar-refractivity contribution is -0.116. The zero-order valence-corrected chi connectivity index (χ0v) is 18.7. The van der Waals surface area contributed by atoms with Gasteiger partial charge in [0.15, 0.2) is 5.58 Å². The van der Waals surface area contributed by atoms with Gasteiger partial charge in [-0.3, -0.25) is 9.36 Å². The smallest absolute Gasteiger partial charge is 0.408 e. The van der Waals surface area contributed by atoms with E-state index in [1.54, 1.807) is 27.6 Å². The van der Waals surface area contributed by atoms with Crippen LogP contribution in [0.25, 0.3) is 11.1 Å². The fourth-order valence-corrected chi connectivity index (χ4v) is 3.68. The van der Waals surface area contributed by atoms with Gasteiger partial charge in [-0.05, 0) is 35.1 Å². The molecule has 0 aliphatic rings. The molecule has 1 N–H and O–H groups in total. The maximum Gasteiger partial charge on any atom is 0.419 e. The lowest BCUT2D eigenvalue weighted by Gasteiger charge is -2.19. The number of aryl methyl sites for hydroxylation is 1. The first-order valence-electron chi connectivity index (χ1n) is 10.8. The predicted octanol–water partition coefficient (Wildman–Crippen LogP) is 4.56. The first-order valence-corrected chi connectivity index (χ1v) is 10.8. The van der Waals surface area contributed by atoms with Crippen molar-refractivity contribution in [1.82, 2.24) is 14.3 Å². The molecule has 0 atom stereocenters. The summed E-state index contributed by atoms with van der Waals surface area (Å²) in [5, 5.41) is 7.28. The molecule has 0 radical (unpaired) electrons. The van der Waals surface area contributed by atoms with Crippen LogP contribution in [-0.2, 0) is 23.3 Å². The second-order valence-corrected chi connectivity index (χ2v) is 8.96. The Bertz CT molecular complexity index is 1270. The number of carbonyl (C=O) groups excluding carboxylic acids is 1. The van der Waals surface area contributed by atoms with E-state index in [1.807, 2.05) is 18.2 Å². The molecule has 0 aliphatic carbocycles. The number of nitrogens with one attached hydrogen (secondary N) is 1. The largest absolute Gasteiger partial charge is 0.419 e. The summed E-state index contributed by atoms with van der Waals surface area (Å²) in [6.07, 6.45) is 2.49. The molecule has 0 spiro atoms. The molecule has 2 heterocycles. The third-order valence-electron chi connectivity index (χ3n) is 5.50. The lowest BCUT2D eigenvalue weighted by Crippen LogP contribution is -2.18. The molecule has 0 unspecified atom stereocenters. The number of oxazole rings is 1. The Labute approximate surface area is 186 Å². The van der Waals surface area contributed by atoms with Gasteiger partial charge in [0.1, 0.15) is 5.82 Å². The monoisotopic (exact) mass is 432 g/mol. The SMILES string of the molecule is CC(C)(C)c1ccc(Cn2nccc2NC(=O)CCCn2c(=O)oc3ccccc32)cc1. The molecule has 32 heavy (non-hydrogen) atoms. The van der Waals surface area contributed by atoms with Gasteiger partial charge in [0, 0.05) is 19.0 Å². The molecule has 0 saturated heterocycles. The Balaban J connectivity index is 1.34. The number of rotatable bonds is 7. The van der Waals surface area contributed by atoms with Gasteiger partial charge >= 0.3 is 5.76 Å². The Morgan fingerprint density at radius 1 is 1.06 bits per heavy atom. The van der Waals surface area contributed by atoms with Crippen LogP contribution in [0.4, 0.5) is 5.82 Å². The van der Waals surface area contributed by atoms with Crippen LogP contribution in [-0.4, -0.2) is 20.3 Å². The minimum atomic E-state index is -0.401. The van der Waals surface area contributed by atoms with E-state index in [9.17, 15) is 9.59 Å². The third kappa shape index (κ3) is 4.82. The Morgan fingerprint density at radius 3 is 2.56 bits per heavy atom. The second-order valence-electron chi connectivity index (χ2n) is 8.96. The van der Waals surface area contributed by atoms with Crippen molar-refractivity contribution in [1.29, 1.82) is 0 Å². The van der Waals surface area contributed by atoms with Crippen LogP contribution in [0, 0.1) is 0 Å². The van der Waals surface area contributed by atoms with Gasteiger partial charge in [0.2, 0.25) is 5.91 Å². The van der Waals surface area contributed by atoms with Crippen LogP contribution in [0.15, 0.2) is 70.0 Å². The van der Waals surface area contributed by atoms with Crippen molar-refractivity contribution in [2.45, 2.75) is 52.1 Å². The molecule has 7 nitrogen and oxygen atoms in total. The van der Waals surface area contributed by atoms with Crippen molar-refractivity contribution in [3.8, 4) is 0 Å². The molecule has 1 amide bonds. The highest BCUT2D eigenvalue weighted by Crippen LogP contribution is 2.22. The normalized spacial score (nSPS) is 11.7. The molecule has 166 valence electrons. The molecule has 0 bridgehead atoms. The van der Waals surface area contributed by atoms with Crippen molar-refractivity contribution in [2.24, 2.45) is 0 Å². The van der Waals surface area contributed by atoms with Crippen molar-refractivity contribution in [2.75, 3.05) is 5.32 Å². The van der Waals surface area contributed by atoms with Crippen LogP contribution >= 0.6 is 0 Å². The fourth-order valence-electron chi connectivity index (χ4n) is 3.68. The summed E-state index contributed by atoms with van der Waals surface area (Å²) in [4.78, 5) is 24.5. The van der Waals surface area contributed by atoms with Crippen molar-refractivity contribution in [3.63, 3.8) is 0 Å². The molecule has 2 aromatic heterocycles. The molecule has 0 aliphatic heterocycles. The van der Waals surface area contributed by atoms with Gasteiger partial charge in [-0.1, -0.05) is 57.2 Å². The molecular formula is C25H28N4O3. The number of benzene rings is 2. The van der Waals surface area contributed by atoms with Crippen molar-refractivity contribution < 1.29 is 9.21 Å². The number of hydrogen-bond donors (Lipinski definition) is 1. The maximum absolute atomic E-state index is 12.5. The number of hydrogen-bond acceptors (Lipinski definition) is 4. The average Bonchev–Trinajstić information content (AvgIpc) is 3.31. The number of para-hydroxylation sites is 2. The minimum absolute atomic E-state index is 0.108. The zero-order chi connectivity index (χ0) is 22.7. The lowest BCUT2D eigenvalue weighted by atomic mass is 9.87. The van der Waals surface area contributed by atoms with Gasteiger partial charge in [0.05, 0.1) is 18.3 Å². The predicted molar refractivity (Wildman–Crippen MR) is 125 cm³/mol. The highest BCUT2D eigenvalue weighted by Gasteiger charge is 2.14. The Hall–Kier alpha value is -3.61. The highest BCUT2D eigenvalue weighted by atomic mass is 16.4. The second kappa shape index (κ2) is 8.86. The van der Waals surface area contributed by atoms with E-state index in [-0.39, 0.29) is 17.7 Å². The highest BCUT2D eigenvalue weighted by molar-refractivity contribution is 5.89. The number of fused-ring (bicyclic) bond motifs is 1. The summed E-state index contributed by atoms with van der Waals surface area (Å²) in [5.74, 6) is 0.138. The van der Waals surface area contributed by atoms with Gasteiger partial charge < -0.3 is 9.73 Å². The Kier molecular flexibility index (Phi) is 5.99. The molecule has 7 heteroatoms. The summed E-state index contributed by atoms with van der Waals surface area (Å²) < 4.78 is 8.57. The first-order chi connectivity index (χ1) is 15.3. The number of nitrogens with zero attached hydrogens (tertiary/aromatic N) is 3. The van der Waals surface area contributed by atoms with Crippen molar-refractivity contribution >= 4 is 22.8 Å². The molecule has 0 fully saturated rings. The topological polar surface area (TPSA) is 82.1 Å². The number of amides is 1. The summed E-state index contributed by atoms with van der Waals surface area (Å²) in [7, 11) is 0. The molecule has 0 saturated carbocycles. The number of carbonyl (C=O) groups is 1. The van der Waals surface area contributed by atoms with Gasteiger partial charge in [0.25, 0.3) is 0 Å². The van der Waals surface area contributed by atoms with E-state index < -0.39 is 5.76 Å². The zero-order valence-electron chi connectivity index (χ0n) is 18.7. The maximum atomic E-state index is 12.5. The molecule has 2 aromatic carbocycles. The van der Waals surface area contributed by atoms with Crippen LogP contribution in [0.2, 0.25) is 0 Å². The van der Waals surface area contributed by atoms with Crippen LogP contribution < -0.4 is 11.1 Å². The van der Waals surface area contributed by atoms with E-state index in [0.29, 0.717) is 30.9 Å².